The molecule has 0 heterocycles. The summed E-state index contributed by atoms with van der Waals surface area (Å²) in [4.78, 5) is 25.3. The summed E-state index contributed by atoms with van der Waals surface area (Å²) in [5.74, 6) is -0.0694. The normalized spacial score (nSPS) is 11.7. The number of amides is 2. The third-order valence-corrected chi connectivity index (χ3v) is 4.04. The SMILES string of the molecule is COc1ccc(C(=O)N/C(=C/c2ccc(Br)cc2)C(=O)NC(C)(C)C)cc1. The third-order valence-electron chi connectivity index (χ3n) is 3.51. The first kappa shape index (κ1) is 20.7. The predicted octanol–water partition coefficient (Wildman–Crippen LogP) is 4.14. The van der Waals surface area contributed by atoms with Crippen LogP contribution in [-0.4, -0.2) is 24.5 Å². The molecule has 2 aromatic carbocycles. The summed E-state index contributed by atoms with van der Waals surface area (Å²) in [6.07, 6.45) is 1.65. The fourth-order valence-electron chi connectivity index (χ4n) is 2.23. The fraction of sp³-hybridized carbons (Fsp3) is 0.238. The molecule has 0 unspecified atom stereocenters. The molecule has 0 saturated carbocycles. The van der Waals surface area contributed by atoms with E-state index in [1.807, 2.05) is 45.0 Å². The van der Waals surface area contributed by atoms with Gasteiger partial charge in [-0.1, -0.05) is 28.1 Å². The molecule has 5 nitrogen and oxygen atoms in total. The van der Waals surface area contributed by atoms with Crippen LogP contribution >= 0.6 is 15.9 Å². The van der Waals surface area contributed by atoms with E-state index in [-0.39, 0.29) is 17.5 Å². The molecule has 2 N–H and O–H groups in total. The van der Waals surface area contributed by atoms with Gasteiger partial charge in [0.15, 0.2) is 0 Å². The number of hydrogen-bond acceptors (Lipinski definition) is 3. The highest BCUT2D eigenvalue weighted by atomic mass is 79.9. The number of hydrogen-bond donors (Lipinski definition) is 2. The van der Waals surface area contributed by atoms with Crippen LogP contribution in [0, 0.1) is 0 Å². The van der Waals surface area contributed by atoms with Crippen LogP contribution in [0.4, 0.5) is 0 Å². The lowest BCUT2D eigenvalue weighted by molar-refractivity contribution is -0.119. The number of methoxy groups -OCH3 is 1. The van der Waals surface area contributed by atoms with E-state index in [2.05, 4.69) is 26.6 Å². The van der Waals surface area contributed by atoms with Gasteiger partial charge in [-0.05, 0) is 68.8 Å². The zero-order valence-electron chi connectivity index (χ0n) is 15.8. The van der Waals surface area contributed by atoms with E-state index in [9.17, 15) is 9.59 Å². The minimum Gasteiger partial charge on any atom is -0.497 e. The number of halogens is 1. The highest BCUT2D eigenvalue weighted by Crippen LogP contribution is 2.15. The van der Waals surface area contributed by atoms with Gasteiger partial charge in [0.25, 0.3) is 11.8 Å². The second-order valence-corrected chi connectivity index (χ2v) is 7.91. The molecule has 0 saturated heterocycles. The number of nitrogens with one attached hydrogen (secondary N) is 2. The van der Waals surface area contributed by atoms with Crippen LogP contribution in [0.3, 0.4) is 0 Å². The molecule has 0 fully saturated rings. The molecule has 142 valence electrons. The first-order valence-corrected chi connectivity index (χ1v) is 9.22. The summed E-state index contributed by atoms with van der Waals surface area (Å²) in [6, 6.07) is 14.1. The Morgan fingerprint density at radius 2 is 1.59 bits per heavy atom. The molecule has 2 aromatic rings. The van der Waals surface area contributed by atoms with Gasteiger partial charge in [0.05, 0.1) is 7.11 Å². The summed E-state index contributed by atoms with van der Waals surface area (Å²) >= 11 is 3.38. The van der Waals surface area contributed by atoms with Crippen molar-refractivity contribution in [3.8, 4) is 5.75 Å². The highest BCUT2D eigenvalue weighted by molar-refractivity contribution is 9.10. The summed E-state index contributed by atoms with van der Waals surface area (Å²) in [5.41, 5.74) is 0.974. The number of carbonyl (C=O) groups excluding carboxylic acids is 2. The van der Waals surface area contributed by atoms with Gasteiger partial charge in [0.1, 0.15) is 11.4 Å². The van der Waals surface area contributed by atoms with E-state index in [1.54, 1.807) is 37.5 Å². The molecule has 0 spiro atoms. The number of ether oxygens (including phenoxy) is 1. The lowest BCUT2D eigenvalue weighted by Crippen LogP contribution is -2.44. The quantitative estimate of drug-likeness (QED) is 0.700. The number of rotatable bonds is 5. The maximum absolute atomic E-state index is 12.7. The minimum absolute atomic E-state index is 0.174. The van der Waals surface area contributed by atoms with E-state index in [1.165, 1.54) is 0 Å². The van der Waals surface area contributed by atoms with E-state index in [4.69, 9.17) is 4.74 Å². The van der Waals surface area contributed by atoms with Crippen molar-refractivity contribution in [2.75, 3.05) is 7.11 Å². The molecule has 2 amide bonds. The topological polar surface area (TPSA) is 67.4 Å². The Kier molecular flexibility index (Phi) is 6.80. The van der Waals surface area contributed by atoms with Crippen molar-refractivity contribution in [1.82, 2.24) is 10.6 Å². The Morgan fingerprint density at radius 1 is 1.00 bits per heavy atom. The standard InChI is InChI=1S/C21H23BrN2O3/c1-21(2,3)24-20(26)18(13-14-5-9-16(22)10-6-14)23-19(25)15-7-11-17(27-4)12-8-15/h5-13H,1-4H3,(H,23,25)(H,24,26)/b18-13+. The van der Waals surface area contributed by atoms with Crippen LogP contribution in [0.1, 0.15) is 36.7 Å². The molecule has 2 rings (SSSR count). The second kappa shape index (κ2) is 8.86. The average Bonchev–Trinajstić information content (AvgIpc) is 2.61. The molecular weight excluding hydrogens is 408 g/mol. The Hall–Kier alpha value is -2.60. The van der Waals surface area contributed by atoms with Crippen molar-refractivity contribution in [3.63, 3.8) is 0 Å². The Labute approximate surface area is 167 Å². The van der Waals surface area contributed by atoms with Gasteiger partial charge < -0.3 is 15.4 Å². The molecule has 6 heteroatoms. The summed E-state index contributed by atoms with van der Waals surface area (Å²) < 4.78 is 6.03. The molecule has 0 aliphatic heterocycles. The van der Waals surface area contributed by atoms with Crippen molar-refractivity contribution in [2.24, 2.45) is 0 Å². The molecule has 0 radical (unpaired) electrons. The van der Waals surface area contributed by atoms with Gasteiger partial charge in [-0.15, -0.1) is 0 Å². The van der Waals surface area contributed by atoms with E-state index >= 15 is 0 Å². The number of benzene rings is 2. The Balaban J connectivity index is 2.29. The van der Waals surface area contributed by atoms with E-state index in [0.29, 0.717) is 11.3 Å². The zero-order valence-corrected chi connectivity index (χ0v) is 17.4. The van der Waals surface area contributed by atoms with Crippen LogP contribution in [0.25, 0.3) is 6.08 Å². The molecule has 0 aliphatic rings. The largest absolute Gasteiger partial charge is 0.497 e. The second-order valence-electron chi connectivity index (χ2n) is 7.00. The lowest BCUT2D eigenvalue weighted by atomic mass is 10.1. The minimum atomic E-state index is -0.430. The Morgan fingerprint density at radius 3 is 2.11 bits per heavy atom. The van der Waals surface area contributed by atoms with Crippen molar-refractivity contribution >= 4 is 33.8 Å². The zero-order chi connectivity index (χ0) is 20.0. The molecule has 0 aliphatic carbocycles. The molecule has 0 aromatic heterocycles. The first-order chi connectivity index (χ1) is 12.7. The highest BCUT2D eigenvalue weighted by Gasteiger charge is 2.19. The van der Waals surface area contributed by atoms with Crippen molar-refractivity contribution in [1.29, 1.82) is 0 Å². The maximum Gasteiger partial charge on any atom is 0.268 e. The van der Waals surface area contributed by atoms with Gasteiger partial charge >= 0.3 is 0 Å². The molecule has 0 bridgehead atoms. The van der Waals surface area contributed by atoms with Crippen LogP contribution in [0.5, 0.6) is 5.75 Å². The van der Waals surface area contributed by atoms with Gasteiger partial charge in [0.2, 0.25) is 0 Å². The van der Waals surface area contributed by atoms with E-state index < -0.39 is 5.54 Å². The maximum atomic E-state index is 12.7. The van der Waals surface area contributed by atoms with Crippen molar-refractivity contribution in [2.45, 2.75) is 26.3 Å². The van der Waals surface area contributed by atoms with Crippen LogP contribution < -0.4 is 15.4 Å². The Bertz CT molecular complexity index is 835. The van der Waals surface area contributed by atoms with E-state index in [0.717, 1.165) is 10.0 Å². The lowest BCUT2D eigenvalue weighted by Gasteiger charge is -2.22. The van der Waals surface area contributed by atoms with Gasteiger partial charge in [-0.3, -0.25) is 9.59 Å². The summed E-state index contributed by atoms with van der Waals surface area (Å²) in [5, 5.41) is 5.59. The smallest absolute Gasteiger partial charge is 0.268 e. The van der Waals surface area contributed by atoms with Gasteiger partial charge in [0, 0.05) is 15.6 Å². The number of carbonyl (C=O) groups is 2. The predicted molar refractivity (Wildman–Crippen MR) is 110 cm³/mol. The monoisotopic (exact) mass is 430 g/mol. The molecule has 0 atom stereocenters. The summed E-state index contributed by atoms with van der Waals surface area (Å²) in [6.45, 7) is 5.65. The van der Waals surface area contributed by atoms with Gasteiger partial charge in [-0.25, -0.2) is 0 Å². The average molecular weight is 431 g/mol. The summed E-state index contributed by atoms with van der Waals surface area (Å²) in [7, 11) is 1.56. The molecular formula is C21H23BrN2O3. The third kappa shape index (κ3) is 6.57. The van der Waals surface area contributed by atoms with Crippen LogP contribution in [-0.2, 0) is 4.79 Å². The van der Waals surface area contributed by atoms with Crippen LogP contribution in [0.15, 0.2) is 58.7 Å². The first-order valence-electron chi connectivity index (χ1n) is 8.43. The van der Waals surface area contributed by atoms with Crippen molar-refractivity contribution in [3.05, 3.63) is 69.8 Å². The fourth-order valence-corrected chi connectivity index (χ4v) is 2.49. The van der Waals surface area contributed by atoms with Gasteiger partial charge in [-0.2, -0.15) is 0 Å². The van der Waals surface area contributed by atoms with Crippen molar-refractivity contribution < 1.29 is 14.3 Å². The van der Waals surface area contributed by atoms with Crippen LogP contribution in [0.2, 0.25) is 0 Å². The molecule has 27 heavy (non-hydrogen) atoms.